The number of aromatic nitrogens is 4. The fraction of sp³-hybridized carbons (Fsp3) is 0.167. The summed E-state index contributed by atoms with van der Waals surface area (Å²) in [6.45, 7) is 2.67. The largest absolute Gasteiger partial charge is 0.423 e. The number of hydrogen-bond donors (Lipinski definition) is 2. The van der Waals surface area contributed by atoms with E-state index in [-0.39, 0.29) is 11.6 Å². The third kappa shape index (κ3) is 3.85. The Balaban J connectivity index is 1.26. The van der Waals surface area contributed by atoms with Gasteiger partial charge in [-0.05, 0) is 30.3 Å². The smallest absolute Gasteiger partial charge is 0.298 e. The molecule has 0 spiro atoms. The van der Waals surface area contributed by atoms with E-state index in [1.54, 1.807) is 30.5 Å². The van der Waals surface area contributed by atoms with Crippen molar-refractivity contribution in [3.8, 4) is 11.3 Å². The predicted octanol–water partition coefficient (Wildman–Crippen LogP) is 4.51. The Morgan fingerprint density at radius 1 is 1.12 bits per heavy atom. The summed E-state index contributed by atoms with van der Waals surface area (Å²) in [6, 6.07) is 13.1. The van der Waals surface area contributed by atoms with Gasteiger partial charge in [0.1, 0.15) is 16.9 Å². The summed E-state index contributed by atoms with van der Waals surface area (Å²) in [5.74, 6) is -0.383. The number of halogens is 1. The number of ether oxygens (including phenoxy) is 1. The Morgan fingerprint density at radius 2 is 2.00 bits per heavy atom. The van der Waals surface area contributed by atoms with Crippen molar-refractivity contribution in [1.82, 2.24) is 19.9 Å². The van der Waals surface area contributed by atoms with Crippen molar-refractivity contribution in [1.29, 1.82) is 0 Å². The highest BCUT2D eigenvalue weighted by Gasteiger charge is 2.19. The molecule has 170 valence electrons. The Labute approximate surface area is 198 Å². The molecule has 34 heavy (non-hydrogen) atoms. The SMILES string of the molecule is O=C(Nc1cc2oc(N3CCOCC3)nc2cc1Cl)c1cccc(-c2cnc3[nH]ccc3c2)n1. The van der Waals surface area contributed by atoms with Gasteiger partial charge >= 0.3 is 0 Å². The van der Waals surface area contributed by atoms with Crippen molar-refractivity contribution >= 4 is 51.3 Å². The topological polar surface area (TPSA) is 109 Å². The van der Waals surface area contributed by atoms with Crippen LogP contribution in [0.2, 0.25) is 5.02 Å². The van der Waals surface area contributed by atoms with Crippen molar-refractivity contribution in [2.75, 3.05) is 36.5 Å². The molecule has 1 fully saturated rings. The van der Waals surface area contributed by atoms with Crippen LogP contribution in [0.5, 0.6) is 0 Å². The molecule has 1 aliphatic heterocycles. The first-order chi connectivity index (χ1) is 16.6. The minimum absolute atomic E-state index is 0.259. The molecular formula is C24H19ClN6O3. The number of nitrogens with one attached hydrogen (secondary N) is 2. The number of hydrogen-bond acceptors (Lipinski definition) is 7. The van der Waals surface area contributed by atoms with Gasteiger partial charge in [0.2, 0.25) is 0 Å². The molecule has 4 aromatic heterocycles. The monoisotopic (exact) mass is 474 g/mol. The molecule has 2 N–H and O–H groups in total. The van der Waals surface area contributed by atoms with Crippen LogP contribution in [0.1, 0.15) is 10.5 Å². The van der Waals surface area contributed by atoms with Crippen LogP contribution < -0.4 is 10.2 Å². The van der Waals surface area contributed by atoms with E-state index in [4.69, 9.17) is 20.8 Å². The molecule has 0 atom stereocenters. The van der Waals surface area contributed by atoms with Crippen LogP contribution in [0.25, 0.3) is 33.4 Å². The number of fused-ring (bicyclic) bond motifs is 2. The minimum atomic E-state index is -0.383. The highest BCUT2D eigenvalue weighted by atomic mass is 35.5. The molecule has 5 aromatic rings. The molecule has 0 aliphatic carbocycles. The molecule has 1 aliphatic rings. The normalized spacial score (nSPS) is 14.1. The van der Waals surface area contributed by atoms with E-state index in [9.17, 15) is 4.79 Å². The fourth-order valence-electron chi connectivity index (χ4n) is 3.91. The maximum atomic E-state index is 13.0. The number of carbonyl (C=O) groups is 1. The number of aromatic amines is 1. The van der Waals surface area contributed by atoms with Gasteiger partial charge < -0.3 is 24.4 Å². The summed E-state index contributed by atoms with van der Waals surface area (Å²) >= 11 is 6.44. The van der Waals surface area contributed by atoms with Crippen LogP contribution in [-0.4, -0.2) is 52.1 Å². The summed E-state index contributed by atoms with van der Waals surface area (Å²) in [6.07, 6.45) is 3.56. The third-order valence-corrected chi connectivity index (χ3v) is 5.99. The van der Waals surface area contributed by atoms with Crippen LogP contribution in [0.3, 0.4) is 0 Å². The molecule has 5 heterocycles. The third-order valence-electron chi connectivity index (χ3n) is 5.67. The predicted molar refractivity (Wildman–Crippen MR) is 129 cm³/mol. The molecule has 10 heteroatoms. The lowest BCUT2D eigenvalue weighted by atomic mass is 10.1. The molecular weight excluding hydrogens is 456 g/mol. The van der Waals surface area contributed by atoms with Crippen molar-refractivity contribution in [3.63, 3.8) is 0 Å². The van der Waals surface area contributed by atoms with Crippen molar-refractivity contribution in [2.24, 2.45) is 0 Å². The lowest BCUT2D eigenvalue weighted by molar-refractivity contribution is 0.102. The Kier molecular flexibility index (Phi) is 5.12. The second-order valence-corrected chi connectivity index (χ2v) is 8.30. The molecule has 0 radical (unpaired) electrons. The number of oxazole rings is 1. The minimum Gasteiger partial charge on any atom is -0.423 e. The number of morpholine rings is 1. The summed E-state index contributed by atoms with van der Waals surface area (Å²) in [7, 11) is 0. The summed E-state index contributed by atoms with van der Waals surface area (Å²) < 4.78 is 11.3. The average Bonchev–Trinajstić information content (AvgIpc) is 3.51. The van der Waals surface area contributed by atoms with E-state index in [2.05, 4.69) is 25.3 Å². The maximum absolute atomic E-state index is 13.0. The van der Waals surface area contributed by atoms with E-state index in [0.29, 0.717) is 59.8 Å². The van der Waals surface area contributed by atoms with Gasteiger partial charge in [-0.3, -0.25) is 4.79 Å². The lowest BCUT2D eigenvalue weighted by Crippen LogP contribution is -2.36. The zero-order chi connectivity index (χ0) is 23.1. The number of pyridine rings is 2. The van der Waals surface area contributed by atoms with Crippen LogP contribution in [0, 0.1) is 0 Å². The lowest BCUT2D eigenvalue weighted by Gasteiger charge is -2.24. The molecule has 1 amide bonds. The number of rotatable bonds is 4. The number of nitrogens with zero attached hydrogens (tertiary/aromatic N) is 4. The molecule has 0 bridgehead atoms. The quantitative estimate of drug-likeness (QED) is 0.394. The van der Waals surface area contributed by atoms with Crippen LogP contribution in [0.15, 0.2) is 59.3 Å². The first kappa shape index (κ1) is 20.6. The van der Waals surface area contributed by atoms with E-state index < -0.39 is 0 Å². The first-order valence-electron chi connectivity index (χ1n) is 10.8. The van der Waals surface area contributed by atoms with Gasteiger partial charge in [0.05, 0.1) is 29.6 Å². The number of amides is 1. The van der Waals surface area contributed by atoms with Crippen LogP contribution >= 0.6 is 11.6 Å². The number of benzene rings is 1. The van der Waals surface area contributed by atoms with Gasteiger partial charge in [-0.25, -0.2) is 9.97 Å². The molecule has 9 nitrogen and oxygen atoms in total. The van der Waals surface area contributed by atoms with Crippen molar-refractivity contribution in [3.05, 3.63) is 65.6 Å². The van der Waals surface area contributed by atoms with Crippen LogP contribution in [0.4, 0.5) is 11.7 Å². The zero-order valence-electron chi connectivity index (χ0n) is 17.9. The maximum Gasteiger partial charge on any atom is 0.298 e. The van der Waals surface area contributed by atoms with E-state index >= 15 is 0 Å². The Bertz CT molecular complexity index is 1520. The van der Waals surface area contributed by atoms with Crippen LogP contribution in [-0.2, 0) is 4.74 Å². The second-order valence-electron chi connectivity index (χ2n) is 7.90. The Morgan fingerprint density at radius 3 is 2.88 bits per heavy atom. The number of carbonyl (C=O) groups excluding carboxylic acids is 1. The van der Waals surface area contributed by atoms with Gasteiger partial charge in [-0.1, -0.05) is 17.7 Å². The fourth-order valence-corrected chi connectivity index (χ4v) is 4.12. The summed E-state index contributed by atoms with van der Waals surface area (Å²) in [4.78, 5) is 31.5. The molecule has 1 aromatic carbocycles. The van der Waals surface area contributed by atoms with Gasteiger partial charge in [0.15, 0.2) is 5.58 Å². The van der Waals surface area contributed by atoms with E-state index in [0.717, 1.165) is 16.6 Å². The van der Waals surface area contributed by atoms with Crippen molar-refractivity contribution < 1.29 is 13.9 Å². The summed E-state index contributed by atoms with van der Waals surface area (Å²) in [5.41, 5.74) is 4.10. The molecule has 1 saturated heterocycles. The average molecular weight is 475 g/mol. The van der Waals surface area contributed by atoms with Crippen molar-refractivity contribution in [2.45, 2.75) is 0 Å². The zero-order valence-corrected chi connectivity index (χ0v) is 18.7. The number of H-pyrrole nitrogens is 1. The van der Waals surface area contributed by atoms with E-state index in [1.807, 2.05) is 29.3 Å². The molecule has 0 saturated carbocycles. The standard InChI is InChI=1S/C24H19ClN6O3/c25-16-11-20-21(34-24(30-20)31-6-8-33-9-7-31)12-19(16)29-23(32)18-3-1-2-17(28-18)15-10-14-4-5-26-22(14)27-13-15/h1-5,10-13H,6-9H2,(H,26,27)(H,29,32). The highest BCUT2D eigenvalue weighted by Crippen LogP contribution is 2.31. The first-order valence-corrected chi connectivity index (χ1v) is 11.2. The van der Waals surface area contributed by atoms with Gasteiger partial charge in [0.25, 0.3) is 11.9 Å². The molecule has 0 unspecified atom stereocenters. The Hall–Kier alpha value is -3.95. The second kappa shape index (κ2) is 8.44. The van der Waals surface area contributed by atoms with Gasteiger partial charge in [0, 0.05) is 42.5 Å². The molecule has 6 rings (SSSR count). The van der Waals surface area contributed by atoms with Gasteiger partial charge in [-0.15, -0.1) is 0 Å². The summed E-state index contributed by atoms with van der Waals surface area (Å²) in [5, 5.41) is 4.17. The number of anilines is 2. The van der Waals surface area contributed by atoms with E-state index in [1.165, 1.54) is 0 Å². The highest BCUT2D eigenvalue weighted by molar-refractivity contribution is 6.34. The van der Waals surface area contributed by atoms with Gasteiger partial charge in [-0.2, -0.15) is 4.98 Å².